The van der Waals surface area contributed by atoms with Gasteiger partial charge in [-0.3, -0.25) is 4.79 Å². The van der Waals surface area contributed by atoms with Gasteiger partial charge in [0.05, 0.1) is 11.4 Å². The lowest BCUT2D eigenvalue weighted by molar-refractivity contribution is 0.0754. The van der Waals surface area contributed by atoms with Crippen LogP contribution in [-0.4, -0.2) is 36.6 Å². The molecule has 0 N–H and O–H groups in total. The Bertz CT molecular complexity index is 1140. The Morgan fingerprint density at radius 3 is 2.60 bits per heavy atom. The molecule has 30 heavy (non-hydrogen) atoms. The summed E-state index contributed by atoms with van der Waals surface area (Å²) >= 11 is 1.60. The van der Waals surface area contributed by atoms with Crippen LogP contribution in [0.25, 0.3) is 0 Å². The van der Waals surface area contributed by atoms with Crippen LogP contribution in [0.5, 0.6) is 0 Å². The summed E-state index contributed by atoms with van der Waals surface area (Å²) in [7, 11) is -3.68. The highest BCUT2D eigenvalue weighted by atomic mass is 32.2. The van der Waals surface area contributed by atoms with E-state index in [0.717, 1.165) is 10.4 Å². The molecule has 0 saturated heterocycles. The Kier molecular flexibility index (Phi) is 6.04. The van der Waals surface area contributed by atoms with E-state index in [1.165, 1.54) is 15.9 Å². The Morgan fingerprint density at radius 2 is 1.87 bits per heavy atom. The van der Waals surface area contributed by atoms with Crippen LogP contribution in [0.15, 0.2) is 70.9 Å². The van der Waals surface area contributed by atoms with Crippen LogP contribution >= 0.6 is 11.3 Å². The molecule has 3 aromatic rings. The molecule has 1 aromatic heterocycles. The molecule has 0 atom stereocenters. The SMILES string of the molecule is CCN(Cc1cccs1)C(=O)c1cccc(S(=O)(=O)N2CCc3ccccc3C2)c1. The monoisotopic (exact) mass is 440 g/mol. The number of rotatable bonds is 6. The van der Waals surface area contributed by atoms with Crippen molar-refractivity contribution >= 4 is 27.3 Å². The van der Waals surface area contributed by atoms with E-state index in [-0.39, 0.29) is 10.8 Å². The fourth-order valence-electron chi connectivity index (χ4n) is 3.71. The predicted octanol–water partition coefficient (Wildman–Crippen LogP) is 4.16. The first-order chi connectivity index (χ1) is 14.5. The topological polar surface area (TPSA) is 57.7 Å². The van der Waals surface area contributed by atoms with Gasteiger partial charge in [-0.1, -0.05) is 36.4 Å². The fraction of sp³-hybridized carbons (Fsp3) is 0.261. The van der Waals surface area contributed by atoms with Gasteiger partial charge >= 0.3 is 0 Å². The van der Waals surface area contributed by atoms with Gasteiger partial charge in [0.1, 0.15) is 0 Å². The van der Waals surface area contributed by atoms with E-state index in [4.69, 9.17) is 0 Å². The Hall–Kier alpha value is -2.48. The first kappa shape index (κ1) is 20.8. The second kappa shape index (κ2) is 8.71. The summed E-state index contributed by atoms with van der Waals surface area (Å²) in [5.74, 6) is -0.160. The van der Waals surface area contributed by atoms with Crippen molar-refractivity contribution in [3.63, 3.8) is 0 Å². The molecule has 5 nitrogen and oxygen atoms in total. The van der Waals surface area contributed by atoms with Gasteiger partial charge in [-0.05, 0) is 54.1 Å². The molecule has 0 unspecified atom stereocenters. The molecule has 4 rings (SSSR count). The highest BCUT2D eigenvalue weighted by molar-refractivity contribution is 7.89. The van der Waals surface area contributed by atoms with Crippen LogP contribution in [0, 0.1) is 0 Å². The normalized spacial score (nSPS) is 14.3. The van der Waals surface area contributed by atoms with E-state index in [1.54, 1.807) is 34.4 Å². The van der Waals surface area contributed by atoms with E-state index in [9.17, 15) is 13.2 Å². The summed E-state index contributed by atoms with van der Waals surface area (Å²) in [5, 5.41) is 1.98. The van der Waals surface area contributed by atoms with Gasteiger partial charge in [-0.2, -0.15) is 4.31 Å². The van der Waals surface area contributed by atoms with Crippen LogP contribution in [-0.2, 0) is 29.5 Å². The Morgan fingerprint density at radius 1 is 1.07 bits per heavy atom. The first-order valence-electron chi connectivity index (χ1n) is 9.97. The summed E-state index contributed by atoms with van der Waals surface area (Å²) < 4.78 is 28.0. The zero-order chi connectivity index (χ0) is 21.1. The minimum absolute atomic E-state index is 0.160. The van der Waals surface area contributed by atoms with Gasteiger partial charge in [0.15, 0.2) is 0 Å². The molecule has 1 aliphatic heterocycles. The third-order valence-electron chi connectivity index (χ3n) is 5.41. The molecule has 2 heterocycles. The average Bonchev–Trinajstić information content (AvgIpc) is 3.30. The van der Waals surface area contributed by atoms with Crippen LogP contribution < -0.4 is 0 Å². The van der Waals surface area contributed by atoms with Gasteiger partial charge in [-0.25, -0.2) is 8.42 Å². The van der Waals surface area contributed by atoms with Gasteiger partial charge in [0.2, 0.25) is 10.0 Å². The van der Waals surface area contributed by atoms with Crippen LogP contribution in [0.1, 0.15) is 33.3 Å². The van der Waals surface area contributed by atoms with Crippen molar-refractivity contribution in [3.05, 3.63) is 87.6 Å². The smallest absolute Gasteiger partial charge is 0.254 e. The Labute approximate surface area is 181 Å². The van der Waals surface area contributed by atoms with E-state index in [0.29, 0.717) is 38.2 Å². The molecule has 0 saturated carbocycles. The lowest BCUT2D eigenvalue weighted by Crippen LogP contribution is -2.36. The lowest BCUT2D eigenvalue weighted by atomic mass is 10.0. The van der Waals surface area contributed by atoms with Crippen LogP contribution in [0.3, 0.4) is 0 Å². The number of benzene rings is 2. The number of nitrogens with zero attached hydrogens (tertiary/aromatic N) is 2. The molecule has 0 bridgehead atoms. The second-order valence-electron chi connectivity index (χ2n) is 7.28. The summed E-state index contributed by atoms with van der Waals surface area (Å²) in [6, 6.07) is 18.3. The number of carbonyl (C=O) groups excluding carboxylic acids is 1. The van der Waals surface area contributed by atoms with Gasteiger partial charge in [0.25, 0.3) is 5.91 Å². The first-order valence-corrected chi connectivity index (χ1v) is 12.3. The maximum absolute atomic E-state index is 13.3. The summed E-state index contributed by atoms with van der Waals surface area (Å²) in [4.78, 5) is 16.0. The number of fused-ring (bicyclic) bond motifs is 1. The van der Waals surface area contributed by atoms with Crippen molar-refractivity contribution in [3.8, 4) is 0 Å². The van der Waals surface area contributed by atoms with Crippen molar-refractivity contribution in [2.45, 2.75) is 31.3 Å². The van der Waals surface area contributed by atoms with E-state index < -0.39 is 10.0 Å². The number of carbonyl (C=O) groups is 1. The maximum Gasteiger partial charge on any atom is 0.254 e. The highest BCUT2D eigenvalue weighted by Crippen LogP contribution is 2.26. The number of amides is 1. The number of hydrogen-bond donors (Lipinski definition) is 0. The zero-order valence-corrected chi connectivity index (χ0v) is 18.5. The fourth-order valence-corrected chi connectivity index (χ4v) is 5.90. The van der Waals surface area contributed by atoms with Gasteiger partial charge in [0, 0.05) is 30.1 Å². The standard InChI is InChI=1S/C23H24N2O3S2/c1-2-24(17-21-10-6-14-29-21)23(26)19-9-5-11-22(15-19)30(27,28)25-13-12-18-7-3-4-8-20(18)16-25/h3-11,14-15H,2,12-13,16-17H2,1H3. The molecule has 0 aliphatic carbocycles. The van der Waals surface area contributed by atoms with Crippen LogP contribution in [0.4, 0.5) is 0 Å². The third-order valence-corrected chi connectivity index (χ3v) is 8.11. The number of sulfonamides is 1. The predicted molar refractivity (Wildman–Crippen MR) is 119 cm³/mol. The molecule has 0 radical (unpaired) electrons. The van der Waals surface area contributed by atoms with Crippen molar-refractivity contribution < 1.29 is 13.2 Å². The molecular formula is C23H24N2O3S2. The molecule has 156 valence electrons. The largest absolute Gasteiger partial charge is 0.334 e. The minimum atomic E-state index is -3.68. The molecule has 1 amide bonds. The molecule has 2 aromatic carbocycles. The molecule has 0 spiro atoms. The summed E-state index contributed by atoms with van der Waals surface area (Å²) in [6.07, 6.45) is 0.693. The van der Waals surface area contributed by atoms with Gasteiger partial charge < -0.3 is 4.90 Å². The minimum Gasteiger partial charge on any atom is -0.334 e. The van der Waals surface area contributed by atoms with Crippen molar-refractivity contribution in [1.82, 2.24) is 9.21 Å². The highest BCUT2D eigenvalue weighted by Gasteiger charge is 2.29. The summed E-state index contributed by atoms with van der Waals surface area (Å²) in [6.45, 7) is 3.80. The van der Waals surface area contributed by atoms with E-state index >= 15 is 0 Å². The zero-order valence-electron chi connectivity index (χ0n) is 16.8. The van der Waals surface area contributed by atoms with E-state index in [1.807, 2.05) is 48.7 Å². The Balaban J connectivity index is 1.57. The molecule has 1 aliphatic rings. The lowest BCUT2D eigenvalue weighted by Gasteiger charge is -2.28. The summed E-state index contributed by atoms with van der Waals surface area (Å²) in [5.41, 5.74) is 2.62. The molecule has 7 heteroatoms. The van der Waals surface area contributed by atoms with Gasteiger partial charge in [-0.15, -0.1) is 11.3 Å². The average molecular weight is 441 g/mol. The van der Waals surface area contributed by atoms with Crippen molar-refractivity contribution in [1.29, 1.82) is 0 Å². The number of thiophene rings is 1. The van der Waals surface area contributed by atoms with Crippen LogP contribution in [0.2, 0.25) is 0 Å². The second-order valence-corrected chi connectivity index (χ2v) is 10.3. The quantitative estimate of drug-likeness (QED) is 0.578. The van der Waals surface area contributed by atoms with Crippen molar-refractivity contribution in [2.75, 3.05) is 13.1 Å². The van der Waals surface area contributed by atoms with E-state index in [2.05, 4.69) is 0 Å². The molecular weight excluding hydrogens is 416 g/mol. The third kappa shape index (κ3) is 4.19. The van der Waals surface area contributed by atoms with Crippen molar-refractivity contribution in [2.24, 2.45) is 0 Å². The maximum atomic E-state index is 13.3. The number of hydrogen-bond acceptors (Lipinski definition) is 4. The molecule has 0 fully saturated rings.